The lowest BCUT2D eigenvalue weighted by atomic mass is 9.67. The molecule has 2 fully saturated rings. The average Bonchev–Trinajstić information content (AvgIpc) is 2.53. The number of likely N-dealkylation sites (tertiary alicyclic amines) is 1. The van der Waals surface area contributed by atoms with E-state index < -0.39 is 0 Å². The van der Waals surface area contributed by atoms with E-state index in [0.29, 0.717) is 30.2 Å². The lowest BCUT2D eigenvalue weighted by Crippen LogP contribution is -2.42. The second kappa shape index (κ2) is 4.12. The number of hydrogen-bond acceptors (Lipinski definition) is 2. The predicted octanol–water partition coefficient (Wildman–Crippen LogP) is 1.37. The highest BCUT2D eigenvalue weighted by molar-refractivity contribution is 5.78. The molecule has 2 N–H and O–H groups in total. The summed E-state index contributed by atoms with van der Waals surface area (Å²) in [5, 5.41) is 0. The van der Waals surface area contributed by atoms with Crippen molar-refractivity contribution < 1.29 is 4.79 Å². The van der Waals surface area contributed by atoms with Gasteiger partial charge in [0.25, 0.3) is 0 Å². The van der Waals surface area contributed by atoms with Gasteiger partial charge in [0, 0.05) is 19.5 Å². The number of rotatable bonds is 4. The monoisotopic (exact) mass is 210 g/mol. The van der Waals surface area contributed by atoms with Crippen molar-refractivity contribution in [2.75, 3.05) is 19.6 Å². The number of nitrogens with zero attached hydrogens (tertiary/aromatic N) is 1. The quantitative estimate of drug-likeness (QED) is 0.762. The third-order valence-electron chi connectivity index (χ3n) is 4.32. The Hall–Kier alpha value is -0.570. The second-order valence-corrected chi connectivity index (χ2v) is 5.29. The topological polar surface area (TPSA) is 46.3 Å². The van der Waals surface area contributed by atoms with Gasteiger partial charge in [0.05, 0.1) is 0 Å². The number of amides is 1. The van der Waals surface area contributed by atoms with Crippen LogP contribution < -0.4 is 5.73 Å². The largest absolute Gasteiger partial charge is 0.342 e. The van der Waals surface area contributed by atoms with Crippen LogP contribution in [0.15, 0.2) is 0 Å². The van der Waals surface area contributed by atoms with E-state index in [1.807, 2.05) is 0 Å². The maximum absolute atomic E-state index is 11.7. The molecule has 1 atom stereocenters. The van der Waals surface area contributed by atoms with Crippen molar-refractivity contribution in [1.82, 2.24) is 4.90 Å². The predicted molar refractivity (Wildman–Crippen MR) is 60.3 cm³/mol. The summed E-state index contributed by atoms with van der Waals surface area (Å²) >= 11 is 0. The molecule has 1 saturated carbocycles. The van der Waals surface area contributed by atoms with Crippen LogP contribution in [0.2, 0.25) is 0 Å². The molecule has 2 rings (SSSR count). The highest BCUT2D eigenvalue weighted by Crippen LogP contribution is 2.45. The van der Waals surface area contributed by atoms with Gasteiger partial charge in [-0.2, -0.15) is 0 Å². The van der Waals surface area contributed by atoms with E-state index in [9.17, 15) is 4.79 Å². The van der Waals surface area contributed by atoms with Gasteiger partial charge in [-0.25, -0.2) is 0 Å². The zero-order chi connectivity index (χ0) is 10.9. The van der Waals surface area contributed by atoms with Gasteiger partial charge in [-0.05, 0) is 37.1 Å². The molecule has 86 valence electrons. The Morgan fingerprint density at radius 2 is 2.27 bits per heavy atom. The summed E-state index contributed by atoms with van der Waals surface area (Å²) in [5.41, 5.74) is 6.08. The van der Waals surface area contributed by atoms with E-state index in [4.69, 9.17) is 5.73 Å². The molecular weight excluding hydrogens is 188 g/mol. The van der Waals surface area contributed by atoms with Crippen LogP contribution in [0, 0.1) is 11.3 Å². The highest BCUT2D eigenvalue weighted by atomic mass is 16.2. The van der Waals surface area contributed by atoms with Crippen molar-refractivity contribution in [3.8, 4) is 0 Å². The van der Waals surface area contributed by atoms with Crippen LogP contribution in [0.1, 0.15) is 39.0 Å². The smallest absolute Gasteiger partial charge is 0.222 e. The van der Waals surface area contributed by atoms with Crippen molar-refractivity contribution in [3.05, 3.63) is 0 Å². The molecule has 2 aliphatic rings. The van der Waals surface area contributed by atoms with Crippen molar-refractivity contribution >= 4 is 5.91 Å². The molecule has 0 aromatic heterocycles. The van der Waals surface area contributed by atoms with Crippen LogP contribution >= 0.6 is 0 Å². The fourth-order valence-corrected chi connectivity index (χ4v) is 2.87. The lowest BCUT2D eigenvalue weighted by molar-refractivity contribution is -0.130. The minimum absolute atomic E-state index is 0.324. The summed E-state index contributed by atoms with van der Waals surface area (Å²) in [6.45, 7) is 4.79. The third kappa shape index (κ3) is 2.03. The Morgan fingerprint density at radius 3 is 2.67 bits per heavy atom. The Bertz CT molecular complexity index is 242. The van der Waals surface area contributed by atoms with Gasteiger partial charge in [-0.15, -0.1) is 0 Å². The standard InChI is InChI=1S/C12H22N2O/c1-2-12(4-3-5-12)9-14-8-10(7-13)6-11(14)15/h10H,2-9,13H2,1H3. The molecule has 0 spiro atoms. The number of hydrogen-bond donors (Lipinski definition) is 1. The molecule has 3 nitrogen and oxygen atoms in total. The molecule has 3 heteroatoms. The average molecular weight is 210 g/mol. The number of nitrogens with two attached hydrogens (primary N) is 1. The van der Waals surface area contributed by atoms with Crippen molar-refractivity contribution in [1.29, 1.82) is 0 Å². The van der Waals surface area contributed by atoms with Crippen molar-refractivity contribution in [3.63, 3.8) is 0 Å². The molecule has 1 aliphatic carbocycles. The van der Waals surface area contributed by atoms with E-state index in [0.717, 1.165) is 13.1 Å². The first-order valence-corrected chi connectivity index (χ1v) is 6.17. The maximum atomic E-state index is 11.7. The molecule has 0 aromatic rings. The lowest BCUT2D eigenvalue weighted by Gasteiger charge is -2.44. The molecule has 0 bridgehead atoms. The van der Waals surface area contributed by atoms with Crippen molar-refractivity contribution in [2.45, 2.75) is 39.0 Å². The third-order valence-corrected chi connectivity index (χ3v) is 4.32. The zero-order valence-corrected chi connectivity index (χ0v) is 9.67. The zero-order valence-electron chi connectivity index (χ0n) is 9.67. The van der Waals surface area contributed by atoms with Gasteiger partial charge in [0.15, 0.2) is 0 Å². The Balaban J connectivity index is 1.91. The summed E-state index contributed by atoms with van der Waals surface area (Å²) in [6, 6.07) is 0. The molecule has 0 aromatic carbocycles. The summed E-state index contributed by atoms with van der Waals surface area (Å²) < 4.78 is 0. The van der Waals surface area contributed by atoms with E-state index in [1.165, 1.54) is 25.7 Å². The minimum atomic E-state index is 0.324. The molecule has 0 radical (unpaired) electrons. The van der Waals surface area contributed by atoms with Crippen LogP contribution in [-0.2, 0) is 4.79 Å². The Kier molecular flexibility index (Phi) is 3.01. The summed E-state index contributed by atoms with van der Waals surface area (Å²) in [6.07, 6.45) is 5.84. The van der Waals surface area contributed by atoms with Crippen LogP contribution in [0.25, 0.3) is 0 Å². The van der Waals surface area contributed by atoms with Crippen LogP contribution in [0.4, 0.5) is 0 Å². The molecule has 15 heavy (non-hydrogen) atoms. The van der Waals surface area contributed by atoms with Crippen LogP contribution in [0.5, 0.6) is 0 Å². The normalized spacial score (nSPS) is 29.3. The molecular formula is C12H22N2O. The Labute approximate surface area is 92.0 Å². The van der Waals surface area contributed by atoms with E-state index >= 15 is 0 Å². The SMILES string of the molecule is CCC1(CN2CC(CN)CC2=O)CCC1. The van der Waals surface area contributed by atoms with Gasteiger partial charge >= 0.3 is 0 Å². The van der Waals surface area contributed by atoms with Gasteiger partial charge in [-0.3, -0.25) is 4.79 Å². The molecule has 1 unspecified atom stereocenters. The summed E-state index contributed by atoms with van der Waals surface area (Å²) in [7, 11) is 0. The molecule has 1 saturated heterocycles. The summed E-state index contributed by atoms with van der Waals surface area (Å²) in [5.74, 6) is 0.733. The first-order valence-electron chi connectivity index (χ1n) is 6.17. The second-order valence-electron chi connectivity index (χ2n) is 5.29. The van der Waals surface area contributed by atoms with Gasteiger partial charge in [0.2, 0.25) is 5.91 Å². The maximum Gasteiger partial charge on any atom is 0.222 e. The number of carbonyl (C=O) groups excluding carboxylic acids is 1. The number of carbonyl (C=O) groups is 1. The first kappa shape index (κ1) is 10.9. The van der Waals surface area contributed by atoms with Crippen LogP contribution in [0.3, 0.4) is 0 Å². The fraction of sp³-hybridized carbons (Fsp3) is 0.917. The molecule has 1 aliphatic heterocycles. The molecule has 1 heterocycles. The minimum Gasteiger partial charge on any atom is -0.342 e. The highest BCUT2D eigenvalue weighted by Gasteiger charge is 2.40. The van der Waals surface area contributed by atoms with E-state index in [2.05, 4.69) is 11.8 Å². The fourth-order valence-electron chi connectivity index (χ4n) is 2.87. The van der Waals surface area contributed by atoms with Gasteiger partial charge in [-0.1, -0.05) is 13.3 Å². The molecule has 1 amide bonds. The van der Waals surface area contributed by atoms with E-state index in [-0.39, 0.29) is 0 Å². The van der Waals surface area contributed by atoms with Gasteiger partial charge in [0.1, 0.15) is 0 Å². The van der Waals surface area contributed by atoms with E-state index in [1.54, 1.807) is 0 Å². The van der Waals surface area contributed by atoms with Gasteiger partial charge < -0.3 is 10.6 Å². The summed E-state index contributed by atoms with van der Waals surface area (Å²) in [4.78, 5) is 13.8. The van der Waals surface area contributed by atoms with Crippen LogP contribution in [-0.4, -0.2) is 30.4 Å². The Morgan fingerprint density at radius 1 is 1.53 bits per heavy atom. The first-order chi connectivity index (χ1) is 7.19. The van der Waals surface area contributed by atoms with Crippen molar-refractivity contribution in [2.24, 2.45) is 17.1 Å².